The van der Waals surface area contributed by atoms with Crippen molar-refractivity contribution in [2.75, 3.05) is 12.4 Å². The van der Waals surface area contributed by atoms with Crippen LogP contribution >= 0.6 is 0 Å². The number of nitrogens with one attached hydrogen (secondary N) is 1. The highest BCUT2D eigenvalue weighted by molar-refractivity contribution is 5.79. The van der Waals surface area contributed by atoms with E-state index in [1.807, 2.05) is 42.5 Å². The molecule has 0 atom stereocenters. The van der Waals surface area contributed by atoms with Gasteiger partial charge in [-0.3, -0.25) is 0 Å². The molecule has 0 aliphatic heterocycles. The van der Waals surface area contributed by atoms with Crippen LogP contribution in [0.3, 0.4) is 0 Å². The van der Waals surface area contributed by atoms with E-state index in [0.29, 0.717) is 0 Å². The Bertz CT molecular complexity index is 716. The number of methoxy groups -OCH3 is 1. The highest BCUT2D eigenvalue weighted by atomic mass is 16.5. The van der Waals surface area contributed by atoms with E-state index in [1.165, 1.54) is 0 Å². The topological polar surface area (TPSA) is 39.1 Å². The molecule has 0 unspecified atom stereocenters. The van der Waals surface area contributed by atoms with Crippen molar-refractivity contribution in [1.29, 1.82) is 0 Å². The molecule has 1 heterocycles. The van der Waals surface area contributed by atoms with Crippen LogP contribution in [-0.4, -0.2) is 16.7 Å². The highest BCUT2D eigenvalue weighted by Gasteiger charge is 2.08. The Labute approximate surface area is 118 Å². The average molecular weight is 267 g/mol. The van der Waals surface area contributed by atoms with Crippen molar-refractivity contribution in [3.8, 4) is 5.75 Å². The summed E-state index contributed by atoms with van der Waals surface area (Å²) >= 11 is 0. The molecule has 0 bridgehead atoms. The molecule has 3 aromatic rings. The summed E-state index contributed by atoms with van der Waals surface area (Å²) in [7, 11) is 1.67. The monoisotopic (exact) mass is 267 g/mol. The molecule has 0 amide bonds. The number of fused-ring (bicyclic) bond motifs is 1. The van der Waals surface area contributed by atoms with Gasteiger partial charge in [0.1, 0.15) is 5.75 Å². The standard InChI is InChI=1S/C16H17N3O/c1-3-19-15-7-5-4-6-14(15)18-16(19)17-12-8-10-13(20-2)11-9-12/h4-11H,3H2,1-2H3,(H,17,18). The van der Waals surface area contributed by atoms with Gasteiger partial charge in [-0.05, 0) is 43.3 Å². The van der Waals surface area contributed by atoms with Crippen LogP contribution in [0.25, 0.3) is 11.0 Å². The first-order valence-electron chi connectivity index (χ1n) is 6.68. The van der Waals surface area contributed by atoms with Crippen LogP contribution < -0.4 is 10.1 Å². The van der Waals surface area contributed by atoms with Crippen LogP contribution in [0.1, 0.15) is 6.92 Å². The molecule has 4 nitrogen and oxygen atoms in total. The summed E-state index contributed by atoms with van der Waals surface area (Å²) < 4.78 is 7.33. The first-order valence-corrected chi connectivity index (χ1v) is 6.68. The molecule has 4 heteroatoms. The van der Waals surface area contributed by atoms with Gasteiger partial charge in [0.05, 0.1) is 18.1 Å². The fourth-order valence-corrected chi connectivity index (χ4v) is 2.29. The summed E-state index contributed by atoms with van der Waals surface area (Å²) in [5.41, 5.74) is 3.15. The van der Waals surface area contributed by atoms with E-state index in [0.717, 1.165) is 35.0 Å². The minimum Gasteiger partial charge on any atom is -0.497 e. The summed E-state index contributed by atoms with van der Waals surface area (Å²) in [6.45, 7) is 2.99. The van der Waals surface area contributed by atoms with Crippen molar-refractivity contribution < 1.29 is 4.74 Å². The van der Waals surface area contributed by atoms with Crippen LogP contribution in [-0.2, 0) is 6.54 Å². The smallest absolute Gasteiger partial charge is 0.208 e. The van der Waals surface area contributed by atoms with Crippen LogP contribution in [0.4, 0.5) is 11.6 Å². The number of imidazole rings is 1. The van der Waals surface area contributed by atoms with Gasteiger partial charge in [-0.2, -0.15) is 0 Å². The molecule has 20 heavy (non-hydrogen) atoms. The number of para-hydroxylation sites is 2. The summed E-state index contributed by atoms with van der Waals surface area (Å²) in [6, 6.07) is 16.0. The molecule has 3 rings (SSSR count). The molecule has 0 saturated carbocycles. The maximum Gasteiger partial charge on any atom is 0.208 e. The van der Waals surface area contributed by atoms with Crippen LogP contribution in [0.15, 0.2) is 48.5 Å². The first-order chi connectivity index (χ1) is 9.81. The SMILES string of the molecule is CCn1c(Nc2ccc(OC)cc2)nc2ccccc21. The predicted molar refractivity (Wildman–Crippen MR) is 81.7 cm³/mol. The lowest BCUT2D eigenvalue weighted by atomic mass is 10.3. The molecule has 0 aliphatic rings. The Balaban J connectivity index is 1.96. The van der Waals surface area contributed by atoms with Crippen LogP contribution in [0, 0.1) is 0 Å². The zero-order chi connectivity index (χ0) is 13.9. The van der Waals surface area contributed by atoms with Crippen molar-refractivity contribution in [3.05, 3.63) is 48.5 Å². The van der Waals surface area contributed by atoms with Gasteiger partial charge in [-0.25, -0.2) is 4.98 Å². The van der Waals surface area contributed by atoms with Crippen molar-refractivity contribution in [3.63, 3.8) is 0 Å². The number of anilines is 2. The lowest BCUT2D eigenvalue weighted by Gasteiger charge is -2.09. The molecule has 0 aliphatic carbocycles. The second-order valence-electron chi connectivity index (χ2n) is 4.52. The number of rotatable bonds is 4. The number of aryl methyl sites for hydroxylation is 1. The van der Waals surface area contributed by atoms with Gasteiger partial charge in [0.15, 0.2) is 0 Å². The lowest BCUT2D eigenvalue weighted by molar-refractivity contribution is 0.415. The van der Waals surface area contributed by atoms with Gasteiger partial charge in [0.25, 0.3) is 0 Å². The van der Waals surface area contributed by atoms with Crippen molar-refractivity contribution in [2.24, 2.45) is 0 Å². The second kappa shape index (κ2) is 5.25. The average Bonchev–Trinajstić information content (AvgIpc) is 2.85. The van der Waals surface area contributed by atoms with Gasteiger partial charge in [-0.15, -0.1) is 0 Å². The minimum absolute atomic E-state index is 0.847. The molecule has 2 aromatic carbocycles. The van der Waals surface area contributed by atoms with E-state index in [-0.39, 0.29) is 0 Å². The van der Waals surface area contributed by atoms with Crippen LogP contribution in [0.5, 0.6) is 5.75 Å². The normalized spacial score (nSPS) is 10.7. The zero-order valence-electron chi connectivity index (χ0n) is 11.6. The highest BCUT2D eigenvalue weighted by Crippen LogP contribution is 2.23. The van der Waals surface area contributed by atoms with Crippen molar-refractivity contribution in [2.45, 2.75) is 13.5 Å². The summed E-state index contributed by atoms with van der Waals surface area (Å²) in [4.78, 5) is 4.64. The van der Waals surface area contributed by atoms with Gasteiger partial charge >= 0.3 is 0 Å². The third-order valence-electron chi connectivity index (χ3n) is 3.32. The Morgan fingerprint density at radius 2 is 1.85 bits per heavy atom. The Hall–Kier alpha value is -2.49. The van der Waals surface area contributed by atoms with Gasteiger partial charge in [-0.1, -0.05) is 12.1 Å². The maximum atomic E-state index is 5.16. The summed E-state index contributed by atoms with van der Waals surface area (Å²) in [5, 5.41) is 3.36. The quantitative estimate of drug-likeness (QED) is 0.781. The number of ether oxygens (including phenoxy) is 1. The maximum absolute atomic E-state index is 5.16. The molecule has 0 saturated heterocycles. The van der Waals surface area contributed by atoms with E-state index in [9.17, 15) is 0 Å². The fraction of sp³-hybridized carbons (Fsp3) is 0.188. The lowest BCUT2D eigenvalue weighted by Crippen LogP contribution is -2.01. The van der Waals surface area contributed by atoms with E-state index in [1.54, 1.807) is 7.11 Å². The minimum atomic E-state index is 0.847. The van der Waals surface area contributed by atoms with E-state index in [4.69, 9.17) is 4.74 Å². The molecule has 0 fully saturated rings. The number of nitrogens with zero attached hydrogens (tertiary/aromatic N) is 2. The fourth-order valence-electron chi connectivity index (χ4n) is 2.29. The molecular formula is C16H17N3O. The Kier molecular flexibility index (Phi) is 3.29. The first kappa shape index (κ1) is 12.5. The Morgan fingerprint density at radius 3 is 2.55 bits per heavy atom. The van der Waals surface area contributed by atoms with Gasteiger partial charge in [0, 0.05) is 12.2 Å². The summed E-state index contributed by atoms with van der Waals surface area (Å²) in [5.74, 6) is 1.71. The third kappa shape index (κ3) is 2.20. The molecule has 0 spiro atoms. The molecular weight excluding hydrogens is 250 g/mol. The second-order valence-corrected chi connectivity index (χ2v) is 4.52. The predicted octanol–water partition coefficient (Wildman–Crippen LogP) is 3.81. The molecule has 1 N–H and O–H groups in total. The van der Waals surface area contributed by atoms with Crippen molar-refractivity contribution >= 4 is 22.7 Å². The van der Waals surface area contributed by atoms with Crippen LogP contribution in [0.2, 0.25) is 0 Å². The zero-order valence-corrected chi connectivity index (χ0v) is 11.6. The third-order valence-corrected chi connectivity index (χ3v) is 3.32. The Morgan fingerprint density at radius 1 is 1.10 bits per heavy atom. The number of hydrogen-bond acceptors (Lipinski definition) is 3. The number of benzene rings is 2. The van der Waals surface area contributed by atoms with E-state index in [2.05, 4.69) is 27.9 Å². The van der Waals surface area contributed by atoms with Crippen molar-refractivity contribution in [1.82, 2.24) is 9.55 Å². The molecule has 102 valence electrons. The van der Waals surface area contributed by atoms with Gasteiger partial charge < -0.3 is 14.6 Å². The van der Waals surface area contributed by atoms with E-state index < -0.39 is 0 Å². The largest absolute Gasteiger partial charge is 0.497 e. The van der Waals surface area contributed by atoms with Gasteiger partial charge in [0.2, 0.25) is 5.95 Å². The summed E-state index contributed by atoms with van der Waals surface area (Å²) in [6.07, 6.45) is 0. The number of hydrogen-bond donors (Lipinski definition) is 1. The number of aromatic nitrogens is 2. The molecule has 0 radical (unpaired) electrons. The van der Waals surface area contributed by atoms with E-state index >= 15 is 0 Å². The molecule has 1 aromatic heterocycles.